The SMILES string of the molecule is CC1(C)OB(c2ccnc3[nH]ccc23)OC1(C)C.CI.CS(=O)(=O)C1(c2nc(-c3ccnc4[nH]ccc34)nc3c2OCC2COCCN32)CCOCC1.CS(=O)(=O)C1(c2nc(Cl)nc3c2OCC2COCCN32)CCOCC1. The van der Waals surface area contributed by atoms with Crippen molar-refractivity contribution >= 4 is 100 Å². The van der Waals surface area contributed by atoms with E-state index < -0.39 is 29.2 Å². The Morgan fingerprint density at radius 1 is 0.615 bits per heavy atom. The number of hydrogen-bond donors (Lipinski definition) is 2. The molecule has 13 rings (SSSR count). The highest BCUT2D eigenvalue weighted by atomic mass is 127. The lowest BCUT2D eigenvalue weighted by molar-refractivity contribution is 0.00578. The van der Waals surface area contributed by atoms with Gasteiger partial charge in [0.05, 0.1) is 49.7 Å². The fraction of sp³-hybridized carbons (Fsp3) is 0.569. The number of halogens is 2. The number of fused-ring (bicyclic) bond motifs is 8. The molecule has 0 bridgehead atoms. The highest BCUT2D eigenvalue weighted by molar-refractivity contribution is 14.1. The molecule has 0 spiro atoms. The van der Waals surface area contributed by atoms with E-state index in [9.17, 15) is 16.8 Å². The van der Waals surface area contributed by atoms with Gasteiger partial charge in [0.1, 0.15) is 45.4 Å². The van der Waals surface area contributed by atoms with E-state index in [0.717, 1.165) is 33.1 Å². The zero-order valence-electron chi connectivity index (χ0n) is 44.7. The van der Waals surface area contributed by atoms with Gasteiger partial charge in [-0.25, -0.2) is 41.8 Å². The summed E-state index contributed by atoms with van der Waals surface area (Å²) in [6.07, 6.45) is 11.0. The number of aromatic amines is 2. The average molecular weight is 1250 g/mol. The van der Waals surface area contributed by atoms with Crippen LogP contribution in [0.1, 0.15) is 64.8 Å². The Balaban J connectivity index is 0.000000136. The fourth-order valence-corrected chi connectivity index (χ4v) is 14.0. The van der Waals surface area contributed by atoms with Crippen molar-refractivity contribution in [1.82, 2.24) is 39.9 Å². The molecule has 2 unspecified atom stereocenters. The molecule has 27 heteroatoms. The van der Waals surface area contributed by atoms with E-state index >= 15 is 0 Å². The van der Waals surface area contributed by atoms with Crippen molar-refractivity contribution in [3.8, 4) is 22.9 Å². The third kappa shape index (κ3) is 10.4. The Morgan fingerprint density at radius 2 is 1.09 bits per heavy atom. The quantitative estimate of drug-likeness (QED) is 0.0921. The number of hydrogen-bond acceptors (Lipinski definition) is 20. The van der Waals surface area contributed by atoms with E-state index in [0.29, 0.717) is 145 Å². The first-order chi connectivity index (χ1) is 37.3. The zero-order chi connectivity index (χ0) is 55.3. The number of anilines is 2. The molecular weight excluding hydrogens is 1180 g/mol. The van der Waals surface area contributed by atoms with E-state index in [1.54, 1.807) is 12.4 Å². The molecule has 420 valence electrons. The minimum absolute atomic E-state index is 0.0236. The lowest BCUT2D eigenvalue weighted by Gasteiger charge is -2.43. The second kappa shape index (κ2) is 22.4. The minimum Gasteiger partial charge on any atom is -0.486 e. The summed E-state index contributed by atoms with van der Waals surface area (Å²) in [6.45, 7) is 14.0. The van der Waals surface area contributed by atoms with Gasteiger partial charge in [0.2, 0.25) is 5.28 Å². The minimum atomic E-state index is -3.55. The topological polar surface area (TPSA) is 258 Å². The van der Waals surface area contributed by atoms with Crippen LogP contribution in [0.15, 0.2) is 49.1 Å². The van der Waals surface area contributed by atoms with Crippen LogP contribution in [0.5, 0.6) is 11.5 Å². The first-order valence-electron chi connectivity index (χ1n) is 25.9. The van der Waals surface area contributed by atoms with E-state index in [-0.39, 0.29) is 35.7 Å². The molecule has 2 N–H and O–H groups in total. The number of pyridine rings is 2. The first kappa shape index (κ1) is 56.7. The number of nitrogens with zero attached hydrogens (tertiary/aromatic N) is 8. The second-order valence-electron chi connectivity index (χ2n) is 21.1. The molecule has 22 nitrogen and oxygen atoms in total. The molecule has 7 aliphatic rings. The monoisotopic (exact) mass is 1250 g/mol. The molecule has 7 aliphatic heterocycles. The van der Waals surface area contributed by atoms with E-state index in [1.165, 1.54) is 12.5 Å². The van der Waals surface area contributed by atoms with Crippen molar-refractivity contribution in [3.63, 3.8) is 0 Å². The van der Waals surface area contributed by atoms with Crippen molar-refractivity contribution in [1.29, 1.82) is 0 Å². The van der Waals surface area contributed by atoms with Crippen LogP contribution >= 0.6 is 34.2 Å². The molecule has 13 heterocycles. The number of alkyl halides is 1. The summed E-state index contributed by atoms with van der Waals surface area (Å²) in [7, 11) is -7.35. The Hall–Kier alpha value is -4.52. The molecule has 5 fully saturated rings. The van der Waals surface area contributed by atoms with Gasteiger partial charge in [0.25, 0.3) is 0 Å². The van der Waals surface area contributed by atoms with E-state index in [1.807, 2.05) is 41.6 Å². The van der Waals surface area contributed by atoms with Crippen molar-refractivity contribution < 1.29 is 54.6 Å². The van der Waals surface area contributed by atoms with Crippen LogP contribution in [0.3, 0.4) is 0 Å². The third-order valence-corrected chi connectivity index (χ3v) is 20.3. The molecular formula is C51H65BClIN10O12S2. The summed E-state index contributed by atoms with van der Waals surface area (Å²) in [5, 5.41) is 1.95. The van der Waals surface area contributed by atoms with Gasteiger partial charge in [-0.3, -0.25) is 0 Å². The predicted molar refractivity (Wildman–Crippen MR) is 304 cm³/mol. The summed E-state index contributed by atoms with van der Waals surface area (Å²) < 4.78 is 96.0. The van der Waals surface area contributed by atoms with Crippen LogP contribution in [-0.2, 0) is 57.4 Å². The van der Waals surface area contributed by atoms with Gasteiger partial charge >= 0.3 is 7.12 Å². The van der Waals surface area contributed by atoms with Crippen LogP contribution in [0.25, 0.3) is 33.5 Å². The highest BCUT2D eigenvalue weighted by Crippen LogP contribution is 2.50. The van der Waals surface area contributed by atoms with Gasteiger partial charge in [-0.2, -0.15) is 4.98 Å². The van der Waals surface area contributed by atoms with Crippen LogP contribution in [0.2, 0.25) is 5.28 Å². The van der Waals surface area contributed by atoms with Crippen molar-refractivity contribution in [2.75, 3.05) is 106 Å². The smallest absolute Gasteiger partial charge is 0.486 e. The van der Waals surface area contributed by atoms with Crippen LogP contribution in [0.4, 0.5) is 11.6 Å². The molecule has 0 aliphatic carbocycles. The fourth-order valence-electron chi connectivity index (χ4n) is 11.0. The summed E-state index contributed by atoms with van der Waals surface area (Å²) in [6, 6.07) is 7.81. The third-order valence-electron chi connectivity index (χ3n) is 16.1. The Labute approximate surface area is 472 Å². The Morgan fingerprint density at radius 3 is 1.62 bits per heavy atom. The maximum absolute atomic E-state index is 13.3. The number of nitrogens with one attached hydrogen (secondary N) is 2. The van der Waals surface area contributed by atoms with Gasteiger partial charge in [0, 0.05) is 93.2 Å². The predicted octanol–water partition coefficient (Wildman–Crippen LogP) is 5.36. The average Bonchev–Trinajstić information content (AvgIpc) is 4.12. The summed E-state index contributed by atoms with van der Waals surface area (Å²) in [5.74, 6) is 2.54. The highest BCUT2D eigenvalue weighted by Gasteiger charge is 2.53. The van der Waals surface area contributed by atoms with Gasteiger partial charge < -0.3 is 57.5 Å². The van der Waals surface area contributed by atoms with Crippen LogP contribution in [0, 0.1) is 0 Å². The molecule has 6 aromatic heterocycles. The largest absolute Gasteiger partial charge is 0.495 e. The number of rotatable bonds is 6. The zero-order valence-corrected chi connectivity index (χ0v) is 49.3. The number of morpholine rings is 2. The maximum Gasteiger partial charge on any atom is 0.495 e. The molecule has 5 saturated heterocycles. The molecule has 0 radical (unpaired) electrons. The summed E-state index contributed by atoms with van der Waals surface area (Å²) in [4.78, 5) is 39.6. The first-order valence-corrected chi connectivity index (χ1v) is 32.2. The molecule has 78 heavy (non-hydrogen) atoms. The molecule has 2 atom stereocenters. The van der Waals surface area contributed by atoms with Gasteiger partial charge in [-0.15, -0.1) is 0 Å². The van der Waals surface area contributed by atoms with Crippen molar-refractivity contribution in [2.45, 2.75) is 86.2 Å². The summed E-state index contributed by atoms with van der Waals surface area (Å²) in [5.41, 5.74) is 3.56. The second-order valence-corrected chi connectivity index (χ2v) is 26.1. The number of aromatic nitrogens is 8. The van der Waals surface area contributed by atoms with Gasteiger partial charge in [0.15, 0.2) is 48.6 Å². The Bertz CT molecular complexity index is 3360. The van der Waals surface area contributed by atoms with E-state index in [4.69, 9.17) is 59.3 Å². The van der Waals surface area contributed by atoms with Crippen molar-refractivity contribution in [3.05, 3.63) is 65.7 Å². The maximum atomic E-state index is 13.3. The van der Waals surface area contributed by atoms with Crippen LogP contribution in [-0.4, -0.2) is 184 Å². The standard InChI is InChI=1S/C22H25N5O5S.C15H20ClN3O5S.C13H17BN2O2.CH3I/c1-33(28,29)22(4-9-30-10-5-22)18-17-21(27-8-11-31-12-14(27)13-32-17)26-20(25-18)16-3-7-24-19-15(16)2-6-23-19;1-25(20,21)15(2-5-22-6-3-15)12-11-13(18-14(16)17-12)19-4-7-23-8-10(19)9-24-11;1-12(2)13(3,4)18-14(17-12)10-6-8-16-11-9(10)5-7-15-11;1-2/h2-3,6-7,14H,4-5,8-13H2,1H3,(H,23,24);10H,2-9H2,1H3;5-8H,1-4H3,(H,15,16);1H3. The van der Waals surface area contributed by atoms with Gasteiger partial charge in [-0.1, -0.05) is 22.6 Å². The molecule has 6 aromatic rings. The van der Waals surface area contributed by atoms with E-state index in [2.05, 4.69) is 90.0 Å². The summed E-state index contributed by atoms with van der Waals surface area (Å²) >= 11 is 8.33. The Kier molecular flexibility index (Phi) is 16.3. The van der Waals surface area contributed by atoms with Gasteiger partial charge in [-0.05, 0) is 99.6 Å². The number of ether oxygens (including phenoxy) is 6. The number of H-pyrrole nitrogens is 2. The van der Waals surface area contributed by atoms with Crippen molar-refractivity contribution in [2.24, 2.45) is 0 Å². The molecule has 0 saturated carbocycles. The van der Waals surface area contributed by atoms with Crippen LogP contribution < -0.4 is 24.7 Å². The lowest BCUT2D eigenvalue weighted by Crippen LogP contribution is -2.52. The normalized spacial score (nSPS) is 22.8. The lowest BCUT2D eigenvalue weighted by atomic mass is 9.78. The number of sulfone groups is 2. The molecule has 0 amide bonds. The molecule has 0 aromatic carbocycles.